The molecule has 5 heterocycles. The first-order valence-electron chi connectivity index (χ1n) is 15.3. The Labute approximate surface area is 261 Å². The van der Waals surface area contributed by atoms with Gasteiger partial charge in [-0.25, -0.2) is 19.7 Å². The van der Waals surface area contributed by atoms with E-state index >= 15 is 0 Å². The average Bonchev–Trinajstić information content (AvgIpc) is 3.85. The second-order valence-electron chi connectivity index (χ2n) is 11.5. The highest BCUT2D eigenvalue weighted by atomic mass is 16.2. The molecular formula is C36H32N8O. The summed E-state index contributed by atoms with van der Waals surface area (Å²) in [6, 6.07) is 32.1. The van der Waals surface area contributed by atoms with Crippen LogP contribution in [0.25, 0.3) is 28.3 Å². The lowest BCUT2D eigenvalue weighted by atomic mass is 9.98. The van der Waals surface area contributed by atoms with Gasteiger partial charge < -0.3 is 16.0 Å². The van der Waals surface area contributed by atoms with Gasteiger partial charge in [0.05, 0.1) is 17.1 Å². The third-order valence-electron chi connectivity index (χ3n) is 8.65. The molecule has 1 saturated heterocycles. The maximum atomic E-state index is 13.3. The molecule has 45 heavy (non-hydrogen) atoms. The maximum absolute atomic E-state index is 13.3. The van der Waals surface area contributed by atoms with Crippen LogP contribution < -0.4 is 20.9 Å². The standard InChI is InChI=1S/C36H32N8O/c45-36(43-21-17-25-6-1-2-9-31(25)43)40-29-8-5-7-26(22-29)33-34(44-20-4-3-10-32(44)42-33)30-16-19-38-35(41-30)39-28-13-11-24(12-14-28)27-15-18-37-23-27/h1-14,16,19-20,22,27,37H,15,17-18,21,23H2,(H,40,45)(H,38,39,41). The molecule has 0 bridgehead atoms. The zero-order valence-corrected chi connectivity index (χ0v) is 24.6. The van der Waals surface area contributed by atoms with Gasteiger partial charge in [-0.1, -0.05) is 48.5 Å². The zero-order valence-electron chi connectivity index (χ0n) is 24.6. The van der Waals surface area contributed by atoms with E-state index in [-0.39, 0.29) is 6.03 Å². The van der Waals surface area contributed by atoms with Crippen molar-refractivity contribution in [2.24, 2.45) is 0 Å². The van der Waals surface area contributed by atoms with E-state index in [0.29, 0.717) is 24.1 Å². The van der Waals surface area contributed by atoms with Crippen LogP contribution in [-0.2, 0) is 6.42 Å². The molecule has 0 spiro atoms. The maximum Gasteiger partial charge on any atom is 0.326 e. The lowest BCUT2D eigenvalue weighted by Crippen LogP contribution is -2.33. The Bertz CT molecular complexity index is 2010. The molecule has 0 aliphatic carbocycles. The van der Waals surface area contributed by atoms with Gasteiger partial charge in [0.25, 0.3) is 0 Å². The summed E-state index contributed by atoms with van der Waals surface area (Å²) in [5, 5.41) is 9.91. The van der Waals surface area contributed by atoms with Gasteiger partial charge in [0.15, 0.2) is 0 Å². The van der Waals surface area contributed by atoms with Crippen molar-refractivity contribution in [2.75, 3.05) is 35.2 Å². The molecule has 2 amide bonds. The summed E-state index contributed by atoms with van der Waals surface area (Å²) in [4.78, 5) is 29.5. The number of para-hydroxylation sites is 1. The van der Waals surface area contributed by atoms with Crippen molar-refractivity contribution >= 4 is 34.7 Å². The van der Waals surface area contributed by atoms with Crippen molar-refractivity contribution in [2.45, 2.75) is 18.8 Å². The number of benzene rings is 3. The highest BCUT2D eigenvalue weighted by molar-refractivity contribution is 6.03. The van der Waals surface area contributed by atoms with Crippen LogP contribution >= 0.6 is 0 Å². The molecule has 0 saturated carbocycles. The molecule has 3 N–H and O–H groups in total. The van der Waals surface area contributed by atoms with Crippen molar-refractivity contribution in [3.8, 4) is 22.6 Å². The monoisotopic (exact) mass is 592 g/mol. The molecule has 222 valence electrons. The Morgan fingerprint density at radius 2 is 1.78 bits per heavy atom. The van der Waals surface area contributed by atoms with Gasteiger partial charge in [0.1, 0.15) is 5.65 Å². The van der Waals surface area contributed by atoms with Crippen LogP contribution in [0.2, 0.25) is 0 Å². The molecule has 3 aromatic carbocycles. The molecule has 8 rings (SSSR count). The van der Waals surface area contributed by atoms with Gasteiger partial charge in [0.2, 0.25) is 5.95 Å². The molecule has 1 unspecified atom stereocenters. The molecule has 3 aromatic heterocycles. The van der Waals surface area contributed by atoms with Gasteiger partial charge in [-0.05, 0) is 85.0 Å². The van der Waals surface area contributed by atoms with Crippen LogP contribution in [0.3, 0.4) is 0 Å². The fraction of sp³-hybridized carbons (Fsp3) is 0.167. The van der Waals surface area contributed by atoms with Crippen LogP contribution in [0.1, 0.15) is 23.5 Å². The largest absolute Gasteiger partial charge is 0.326 e. The van der Waals surface area contributed by atoms with E-state index in [2.05, 4.69) is 51.3 Å². The van der Waals surface area contributed by atoms with E-state index in [1.807, 2.05) is 77.3 Å². The third kappa shape index (κ3) is 5.27. The van der Waals surface area contributed by atoms with Crippen LogP contribution in [0.5, 0.6) is 0 Å². The fourth-order valence-corrected chi connectivity index (χ4v) is 6.38. The highest BCUT2D eigenvalue weighted by Gasteiger charge is 2.25. The minimum atomic E-state index is -0.146. The Balaban J connectivity index is 1.09. The number of pyridine rings is 1. The molecular weight excluding hydrogens is 560 g/mol. The van der Waals surface area contributed by atoms with Gasteiger partial charge in [0, 0.05) is 48.1 Å². The normalized spacial score (nSPS) is 15.7. The summed E-state index contributed by atoms with van der Waals surface area (Å²) in [7, 11) is 0. The number of aromatic nitrogens is 4. The van der Waals surface area contributed by atoms with E-state index in [9.17, 15) is 4.79 Å². The molecule has 0 radical (unpaired) electrons. The first kappa shape index (κ1) is 27.0. The Morgan fingerprint density at radius 3 is 2.67 bits per heavy atom. The predicted octanol–water partition coefficient (Wildman–Crippen LogP) is 6.87. The Kier molecular flexibility index (Phi) is 6.92. The molecule has 2 aliphatic rings. The van der Waals surface area contributed by atoms with Gasteiger partial charge in [-0.15, -0.1) is 0 Å². The number of rotatable bonds is 6. The minimum Gasteiger partial charge on any atom is -0.324 e. The second kappa shape index (κ2) is 11.5. The van der Waals surface area contributed by atoms with E-state index in [1.54, 1.807) is 11.1 Å². The lowest BCUT2D eigenvalue weighted by molar-refractivity contribution is 0.257. The summed E-state index contributed by atoms with van der Waals surface area (Å²) in [5.41, 5.74) is 9.15. The van der Waals surface area contributed by atoms with Crippen LogP contribution in [0.15, 0.2) is 109 Å². The SMILES string of the molecule is O=C(Nc1cccc(-c2nc3ccccn3c2-c2ccnc(Nc3ccc(C4CCNC4)cc3)n2)c1)N1CCc2ccccc21. The third-order valence-corrected chi connectivity index (χ3v) is 8.65. The minimum absolute atomic E-state index is 0.146. The Morgan fingerprint density at radius 1 is 0.889 bits per heavy atom. The molecule has 6 aromatic rings. The van der Waals surface area contributed by atoms with Crippen molar-refractivity contribution in [3.63, 3.8) is 0 Å². The van der Waals surface area contributed by atoms with E-state index < -0.39 is 0 Å². The number of hydrogen-bond donors (Lipinski definition) is 3. The number of carbonyl (C=O) groups is 1. The highest BCUT2D eigenvalue weighted by Crippen LogP contribution is 2.34. The molecule has 2 aliphatic heterocycles. The number of fused-ring (bicyclic) bond motifs is 2. The van der Waals surface area contributed by atoms with Gasteiger partial charge in [-0.3, -0.25) is 9.30 Å². The summed E-state index contributed by atoms with van der Waals surface area (Å²) in [6.07, 6.45) is 5.78. The van der Waals surface area contributed by atoms with Crippen molar-refractivity contribution < 1.29 is 4.79 Å². The number of carbonyl (C=O) groups excluding carboxylic acids is 1. The predicted molar refractivity (Wildman–Crippen MR) is 178 cm³/mol. The number of urea groups is 1. The number of amides is 2. The second-order valence-corrected chi connectivity index (χ2v) is 11.5. The number of nitrogens with zero attached hydrogens (tertiary/aromatic N) is 5. The lowest BCUT2D eigenvalue weighted by Gasteiger charge is -2.18. The zero-order chi connectivity index (χ0) is 30.2. The first-order valence-corrected chi connectivity index (χ1v) is 15.3. The van der Waals surface area contributed by atoms with Crippen LogP contribution in [0, 0.1) is 0 Å². The van der Waals surface area contributed by atoms with E-state index in [4.69, 9.17) is 9.97 Å². The summed E-state index contributed by atoms with van der Waals surface area (Å²) < 4.78 is 2.04. The van der Waals surface area contributed by atoms with Gasteiger partial charge >= 0.3 is 6.03 Å². The summed E-state index contributed by atoms with van der Waals surface area (Å²) in [6.45, 7) is 2.76. The number of hydrogen-bond acceptors (Lipinski definition) is 6. The van der Waals surface area contributed by atoms with Gasteiger partial charge in [-0.2, -0.15) is 0 Å². The quantitative estimate of drug-likeness (QED) is 0.195. The van der Waals surface area contributed by atoms with Crippen molar-refractivity contribution in [1.82, 2.24) is 24.7 Å². The number of imidazole rings is 1. The van der Waals surface area contributed by atoms with Crippen LogP contribution in [-0.4, -0.2) is 45.0 Å². The van der Waals surface area contributed by atoms with E-state index in [0.717, 1.165) is 59.2 Å². The van der Waals surface area contributed by atoms with Crippen LogP contribution in [0.4, 0.5) is 27.8 Å². The number of anilines is 4. The summed E-state index contributed by atoms with van der Waals surface area (Å²) >= 11 is 0. The fourth-order valence-electron chi connectivity index (χ4n) is 6.38. The first-order chi connectivity index (χ1) is 22.2. The smallest absolute Gasteiger partial charge is 0.324 e. The molecule has 1 fully saturated rings. The molecule has 1 atom stereocenters. The Hall–Kier alpha value is -5.54. The molecule has 9 heteroatoms. The average molecular weight is 593 g/mol. The van der Waals surface area contributed by atoms with E-state index in [1.165, 1.54) is 17.5 Å². The van der Waals surface area contributed by atoms with Crippen molar-refractivity contribution in [1.29, 1.82) is 0 Å². The summed E-state index contributed by atoms with van der Waals surface area (Å²) in [5.74, 6) is 1.07. The topological polar surface area (TPSA) is 99.5 Å². The van der Waals surface area contributed by atoms with Crippen molar-refractivity contribution in [3.05, 3.63) is 121 Å². The molecule has 9 nitrogen and oxygen atoms in total. The number of nitrogens with one attached hydrogen (secondary N) is 3.